The molecule has 0 atom stereocenters. The van der Waals surface area contributed by atoms with Gasteiger partial charge in [0.25, 0.3) is 0 Å². The van der Waals surface area contributed by atoms with Crippen LogP contribution in [0.2, 0.25) is 0 Å². The van der Waals surface area contributed by atoms with Gasteiger partial charge in [0.1, 0.15) is 5.75 Å². The summed E-state index contributed by atoms with van der Waals surface area (Å²) >= 11 is 0. The highest BCUT2D eigenvalue weighted by Gasteiger charge is 2.08. The molecule has 2 N–H and O–H groups in total. The molecule has 2 aromatic carbocycles. The summed E-state index contributed by atoms with van der Waals surface area (Å²) in [6.07, 6.45) is 0.849. The summed E-state index contributed by atoms with van der Waals surface area (Å²) in [5, 5.41) is 6.93. The fourth-order valence-corrected chi connectivity index (χ4v) is 2.42. The molecule has 0 aliphatic heterocycles. The van der Waals surface area contributed by atoms with Crippen molar-refractivity contribution in [3.63, 3.8) is 0 Å². The maximum Gasteiger partial charge on any atom is 0.240 e. The van der Waals surface area contributed by atoms with E-state index in [4.69, 9.17) is 4.74 Å². The van der Waals surface area contributed by atoms with Gasteiger partial charge in [0.05, 0.1) is 12.3 Å². The fourth-order valence-electron chi connectivity index (χ4n) is 2.42. The van der Waals surface area contributed by atoms with Crippen molar-refractivity contribution < 1.29 is 14.3 Å². The number of rotatable bonds is 9. The molecule has 2 amide bonds. The molecule has 2 aromatic rings. The van der Waals surface area contributed by atoms with Crippen molar-refractivity contribution in [1.29, 1.82) is 0 Å². The average Bonchev–Trinajstić information content (AvgIpc) is 2.69. The summed E-state index contributed by atoms with van der Waals surface area (Å²) in [6, 6.07) is 16.8. The van der Waals surface area contributed by atoms with Gasteiger partial charge < -0.3 is 10.1 Å². The van der Waals surface area contributed by atoms with Crippen molar-refractivity contribution in [1.82, 2.24) is 5.43 Å². The van der Waals surface area contributed by atoms with E-state index < -0.39 is 0 Å². The molecule has 2 rings (SSSR count). The monoisotopic (exact) mass is 367 g/mol. The van der Waals surface area contributed by atoms with Crippen LogP contribution < -0.4 is 15.5 Å². The highest BCUT2D eigenvalue weighted by atomic mass is 16.5. The Balaban J connectivity index is 1.79. The second-order valence-corrected chi connectivity index (χ2v) is 5.82. The lowest BCUT2D eigenvalue weighted by Crippen LogP contribution is -2.22. The predicted molar refractivity (Wildman–Crippen MR) is 107 cm³/mol. The van der Waals surface area contributed by atoms with Crippen LogP contribution >= 0.6 is 0 Å². The summed E-state index contributed by atoms with van der Waals surface area (Å²) in [4.78, 5) is 23.9. The number of hydrogen-bond acceptors (Lipinski definition) is 4. The number of nitrogens with zero attached hydrogens (tertiary/aromatic N) is 1. The minimum absolute atomic E-state index is 0.0676. The van der Waals surface area contributed by atoms with E-state index >= 15 is 0 Å². The molecule has 0 aliphatic rings. The first-order valence-electron chi connectivity index (χ1n) is 9.06. The SMILES string of the molecule is CCOc1ccc(NC(=O)CCC(=O)NN=C(CC)c2ccccc2)cc1. The van der Waals surface area contributed by atoms with Crippen molar-refractivity contribution in [2.75, 3.05) is 11.9 Å². The van der Waals surface area contributed by atoms with Crippen molar-refractivity contribution in [3.8, 4) is 5.75 Å². The van der Waals surface area contributed by atoms with Gasteiger partial charge >= 0.3 is 0 Å². The lowest BCUT2D eigenvalue weighted by atomic mass is 10.1. The average molecular weight is 367 g/mol. The summed E-state index contributed by atoms with van der Waals surface area (Å²) in [6.45, 7) is 4.48. The van der Waals surface area contributed by atoms with E-state index in [2.05, 4.69) is 15.8 Å². The summed E-state index contributed by atoms with van der Waals surface area (Å²) in [7, 11) is 0. The van der Waals surface area contributed by atoms with Crippen molar-refractivity contribution in [2.45, 2.75) is 33.1 Å². The zero-order valence-corrected chi connectivity index (χ0v) is 15.7. The molecule has 0 saturated heterocycles. The van der Waals surface area contributed by atoms with E-state index in [1.54, 1.807) is 24.3 Å². The number of nitrogens with one attached hydrogen (secondary N) is 2. The zero-order chi connectivity index (χ0) is 19.5. The van der Waals surface area contributed by atoms with Crippen LogP contribution in [0.1, 0.15) is 38.7 Å². The van der Waals surface area contributed by atoms with Gasteiger partial charge in [-0.2, -0.15) is 5.10 Å². The quantitative estimate of drug-likeness (QED) is 0.523. The first-order chi connectivity index (χ1) is 13.1. The van der Waals surface area contributed by atoms with Crippen molar-refractivity contribution >= 4 is 23.2 Å². The zero-order valence-electron chi connectivity index (χ0n) is 15.7. The van der Waals surface area contributed by atoms with Gasteiger partial charge in [0.15, 0.2) is 0 Å². The highest BCUT2D eigenvalue weighted by Crippen LogP contribution is 2.15. The van der Waals surface area contributed by atoms with E-state index in [0.717, 1.165) is 17.0 Å². The lowest BCUT2D eigenvalue weighted by molar-refractivity contribution is -0.124. The normalized spacial score (nSPS) is 11.0. The van der Waals surface area contributed by atoms with Gasteiger partial charge in [-0.3, -0.25) is 9.59 Å². The molecule has 142 valence electrons. The lowest BCUT2D eigenvalue weighted by Gasteiger charge is -2.07. The molecule has 0 heterocycles. The van der Waals surface area contributed by atoms with E-state index in [-0.39, 0.29) is 24.7 Å². The molecule has 0 spiro atoms. The van der Waals surface area contributed by atoms with Gasteiger partial charge in [0, 0.05) is 18.5 Å². The number of carbonyl (C=O) groups is 2. The topological polar surface area (TPSA) is 79.8 Å². The molecule has 0 aliphatic carbocycles. The second-order valence-electron chi connectivity index (χ2n) is 5.82. The van der Waals surface area contributed by atoms with Crippen LogP contribution in [0.4, 0.5) is 5.69 Å². The van der Waals surface area contributed by atoms with Gasteiger partial charge in [-0.25, -0.2) is 5.43 Å². The fraction of sp³-hybridized carbons (Fsp3) is 0.286. The van der Waals surface area contributed by atoms with Crippen LogP contribution in [0.3, 0.4) is 0 Å². The number of carbonyl (C=O) groups excluding carboxylic acids is 2. The molecule has 0 bridgehead atoms. The van der Waals surface area contributed by atoms with E-state index in [9.17, 15) is 9.59 Å². The number of hydrazone groups is 1. The van der Waals surface area contributed by atoms with Crippen molar-refractivity contribution in [3.05, 3.63) is 60.2 Å². The third kappa shape index (κ3) is 6.93. The minimum atomic E-state index is -0.293. The molecule has 0 fully saturated rings. The molecule has 0 aromatic heterocycles. The van der Waals surface area contributed by atoms with Crippen LogP contribution in [-0.4, -0.2) is 24.1 Å². The largest absolute Gasteiger partial charge is 0.494 e. The molecular weight excluding hydrogens is 342 g/mol. The summed E-state index contributed by atoms with van der Waals surface area (Å²) < 4.78 is 5.35. The molecular formula is C21H25N3O3. The molecule has 0 unspecified atom stereocenters. The van der Waals surface area contributed by atoms with Crippen LogP contribution in [0, 0.1) is 0 Å². The van der Waals surface area contributed by atoms with Crippen LogP contribution in [0.25, 0.3) is 0 Å². The molecule has 6 heteroatoms. The first-order valence-corrected chi connectivity index (χ1v) is 9.06. The number of amides is 2. The Hall–Kier alpha value is -3.15. The minimum Gasteiger partial charge on any atom is -0.494 e. The number of ether oxygens (including phenoxy) is 1. The Bertz CT molecular complexity index is 771. The van der Waals surface area contributed by atoms with Crippen molar-refractivity contribution in [2.24, 2.45) is 5.10 Å². The number of hydrogen-bond donors (Lipinski definition) is 2. The van der Waals surface area contributed by atoms with Crippen LogP contribution in [-0.2, 0) is 9.59 Å². The van der Waals surface area contributed by atoms with E-state index in [1.165, 1.54) is 0 Å². The standard InChI is InChI=1S/C21H25N3O3/c1-3-19(16-8-6-5-7-9-16)23-24-21(26)15-14-20(25)22-17-10-12-18(13-11-17)27-4-2/h5-13H,3-4,14-15H2,1-2H3,(H,22,25)(H,24,26). The van der Waals surface area contributed by atoms with Gasteiger partial charge in [-0.15, -0.1) is 0 Å². The van der Waals surface area contributed by atoms with E-state index in [0.29, 0.717) is 18.7 Å². The summed E-state index contributed by atoms with van der Waals surface area (Å²) in [5.74, 6) is 0.230. The van der Waals surface area contributed by atoms with Gasteiger partial charge in [0.2, 0.25) is 11.8 Å². The van der Waals surface area contributed by atoms with Crippen LogP contribution in [0.15, 0.2) is 59.7 Å². The Labute approximate surface area is 159 Å². The summed E-state index contributed by atoms with van der Waals surface area (Å²) in [5.41, 5.74) is 4.95. The Morgan fingerprint density at radius 2 is 1.59 bits per heavy atom. The Kier molecular flexibility index (Phi) is 8.03. The van der Waals surface area contributed by atoms with E-state index in [1.807, 2.05) is 44.2 Å². The smallest absolute Gasteiger partial charge is 0.240 e. The van der Waals surface area contributed by atoms with Crippen LogP contribution in [0.5, 0.6) is 5.75 Å². The predicted octanol–water partition coefficient (Wildman–Crippen LogP) is 3.73. The molecule has 27 heavy (non-hydrogen) atoms. The maximum atomic E-state index is 12.0. The highest BCUT2D eigenvalue weighted by molar-refractivity contribution is 6.01. The van der Waals surface area contributed by atoms with Gasteiger partial charge in [-0.1, -0.05) is 37.3 Å². The third-order valence-corrected chi connectivity index (χ3v) is 3.79. The molecule has 6 nitrogen and oxygen atoms in total. The molecule has 0 radical (unpaired) electrons. The number of anilines is 1. The first kappa shape index (κ1) is 20.2. The Morgan fingerprint density at radius 3 is 2.22 bits per heavy atom. The molecule has 0 saturated carbocycles. The van der Waals surface area contributed by atoms with Gasteiger partial charge in [-0.05, 0) is 43.2 Å². The number of benzene rings is 2. The third-order valence-electron chi connectivity index (χ3n) is 3.79. The maximum absolute atomic E-state index is 12.0. The Morgan fingerprint density at radius 1 is 0.926 bits per heavy atom. The second kappa shape index (κ2) is 10.8.